The van der Waals surface area contributed by atoms with Crippen molar-refractivity contribution in [3.8, 4) is 0 Å². The SMILES string of the molecule is CC1CCC(CC(C)(CO)CNC(=O)OC(C)(C)C)O1. The molecule has 1 rings (SSSR count). The molecular formula is C15H29NO4. The van der Waals surface area contributed by atoms with Gasteiger partial charge in [-0.25, -0.2) is 4.79 Å². The molecule has 2 N–H and O–H groups in total. The lowest BCUT2D eigenvalue weighted by Gasteiger charge is -2.30. The average molecular weight is 287 g/mol. The first-order valence-electron chi connectivity index (χ1n) is 7.37. The van der Waals surface area contributed by atoms with Crippen LogP contribution in [0.1, 0.15) is 53.9 Å². The molecule has 5 heteroatoms. The zero-order chi connectivity index (χ0) is 15.4. The summed E-state index contributed by atoms with van der Waals surface area (Å²) in [4.78, 5) is 11.7. The largest absolute Gasteiger partial charge is 0.444 e. The third-order valence-corrected chi connectivity index (χ3v) is 3.48. The molecule has 0 radical (unpaired) electrons. The van der Waals surface area contributed by atoms with E-state index in [-0.39, 0.29) is 18.1 Å². The fourth-order valence-electron chi connectivity index (χ4n) is 2.38. The minimum Gasteiger partial charge on any atom is -0.444 e. The smallest absolute Gasteiger partial charge is 0.407 e. The number of hydrogen-bond acceptors (Lipinski definition) is 4. The van der Waals surface area contributed by atoms with Crippen molar-refractivity contribution in [2.24, 2.45) is 5.41 Å². The molecule has 1 heterocycles. The minimum absolute atomic E-state index is 0.0110. The molecule has 20 heavy (non-hydrogen) atoms. The van der Waals surface area contributed by atoms with Crippen LogP contribution in [-0.2, 0) is 9.47 Å². The normalized spacial score (nSPS) is 26.1. The van der Waals surface area contributed by atoms with E-state index in [9.17, 15) is 9.90 Å². The number of ether oxygens (including phenoxy) is 2. The summed E-state index contributed by atoms with van der Waals surface area (Å²) in [6.45, 7) is 9.89. The van der Waals surface area contributed by atoms with Gasteiger partial charge in [0.05, 0.1) is 18.8 Å². The molecule has 118 valence electrons. The Kier molecular flexibility index (Phi) is 5.83. The molecule has 0 aromatic rings. The van der Waals surface area contributed by atoms with Crippen molar-refractivity contribution in [3.63, 3.8) is 0 Å². The van der Waals surface area contributed by atoms with Gasteiger partial charge in [0.25, 0.3) is 0 Å². The van der Waals surface area contributed by atoms with Gasteiger partial charge in [-0.1, -0.05) is 6.92 Å². The number of amides is 1. The van der Waals surface area contributed by atoms with Crippen LogP contribution in [0.5, 0.6) is 0 Å². The Bertz CT molecular complexity index is 326. The van der Waals surface area contributed by atoms with E-state index in [0.29, 0.717) is 12.6 Å². The molecule has 5 nitrogen and oxygen atoms in total. The number of aliphatic hydroxyl groups excluding tert-OH is 1. The van der Waals surface area contributed by atoms with Gasteiger partial charge in [-0.15, -0.1) is 0 Å². The molecule has 0 saturated carbocycles. The summed E-state index contributed by atoms with van der Waals surface area (Å²) in [7, 11) is 0. The van der Waals surface area contributed by atoms with Crippen LogP contribution in [0, 0.1) is 5.41 Å². The van der Waals surface area contributed by atoms with Crippen LogP contribution >= 0.6 is 0 Å². The second-order valence-electron chi connectivity index (χ2n) is 7.17. The van der Waals surface area contributed by atoms with Gasteiger partial charge in [-0.3, -0.25) is 0 Å². The third kappa shape index (κ3) is 6.09. The van der Waals surface area contributed by atoms with Crippen molar-refractivity contribution in [1.29, 1.82) is 0 Å². The monoisotopic (exact) mass is 287 g/mol. The average Bonchev–Trinajstić information content (AvgIpc) is 2.70. The Morgan fingerprint density at radius 3 is 2.45 bits per heavy atom. The van der Waals surface area contributed by atoms with E-state index in [4.69, 9.17) is 9.47 Å². The highest BCUT2D eigenvalue weighted by atomic mass is 16.6. The van der Waals surface area contributed by atoms with Crippen molar-refractivity contribution < 1.29 is 19.4 Å². The molecule has 1 amide bonds. The Morgan fingerprint density at radius 1 is 1.35 bits per heavy atom. The number of carbonyl (C=O) groups is 1. The molecule has 1 aliphatic rings. The summed E-state index contributed by atoms with van der Waals surface area (Å²) >= 11 is 0. The molecule has 0 aromatic heterocycles. The number of carbonyl (C=O) groups excluding carboxylic acids is 1. The highest BCUT2D eigenvalue weighted by Gasteiger charge is 2.32. The molecule has 1 saturated heterocycles. The standard InChI is InChI=1S/C15H29NO4/c1-11-6-7-12(19-11)8-15(5,10-17)9-16-13(18)20-14(2,3)4/h11-12,17H,6-10H2,1-5H3,(H,16,18). The van der Waals surface area contributed by atoms with E-state index in [2.05, 4.69) is 12.2 Å². The number of rotatable bonds is 5. The summed E-state index contributed by atoms with van der Waals surface area (Å²) in [6, 6.07) is 0. The van der Waals surface area contributed by atoms with Gasteiger partial charge in [0.1, 0.15) is 5.60 Å². The van der Waals surface area contributed by atoms with Gasteiger partial charge in [-0.05, 0) is 47.0 Å². The lowest BCUT2D eigenvalue weighted by molar-refractivity contribution is 0.00668. The van der Waals surface area contributed by atoms with E-state index in [1.165, 1.54) is 0 Å². The Hall–Kier alpha value is -0.810. The van der Waals surface area contributed by atoms with E-state index < -0.39 is 11.7 Å². The summed E-state index contributed by atoms with van der Waals surface area (Å²) in [5, 5.41) is 12.3. The van der Waals surface area contributed by atoms with Gasteiger partial charge in [0, 0.05) is 12.0 Å². The molecule has 1 fully saturated rings. The first-order chi connectivity index (χ1) is 9.13. The van der Waals surface area contributed by atoms with E-state index in [1.54, 1.807) is 0 Å². The minimum atomic E-state index is -0.510. The number of aliphatic hydroxyl groups is 1. The molecular weight excluding hydrogens is 258 g/mol. The molecule has 3 unspecified atom stereocenters. The van der Waals surface area contributed by atoms with E-state index >= 15 is 0 Å². The summed E-state index contributed by atoms with van der Waals surface area (Å²) < 4.78 is 11.0. The highest BCUT2D eigenvalue weighted by molar-refractivity contribution is 5.67. The van der Waals surface area contributed by atoms with Crippen molar-refractivity contribution >= 4 is 6.09 Å². The zero-order valence-electron chi connectivity index (χ0n) is 13.4. The highest BCUT2D eigenvalue weighted by Crippen LogP contribution is 2.30. The predicted molar refractivity (Wildman–Crippen MR) is 77.6 cm³/mol. The van der Waals surface area contributed by atoms with Crippen LogP contribution in [0.4, 0.5) is 4.79 Å². The number of nitrogens with one attached hydrogen (secondary N) is 1. The fraction of sp³-hybridized carbons (Fsp3) is 0.933. The van der Waals surface area contributed by atoms with Crippen molar-refractivity contribution in [2.45, 2.75) is 71.7 Å². The predicted octanol–water partition coefficient (Wildman–Crippen LogP) is 2.47. The third-order valence-electron chi connectivity index (χ3n) is 3.48. The maximum atomic E-state index is 11.7. The van der Waals surface area contributed by atoms with Gasteiger partial charge >= 0.3 is 6.09 Å². The van der Waals surface area contributed by atoms with E-state index in [1.807, 2.05) is 27.7 Å². The molecule has 1 aliphatic heterocycles. The first-order valence-corrected chi connectivity index (χ1v) is 7.37. The summed E-state index contributed by atoms with van der Waals surface area (Å²) in [6.07, 6.45) is 2.83. The molecule has 0 aromatic carbocycles. The Labute approximate surface area is 122 Å². The fourth-order valence-corrected chi connectivity index (χ4v) is 2.38. The maximum absolute atomic E-state index is 11.7. The second kappa shape index (κ2) is 6.76. The summed E-state index contributed by atoms with van der Waals surface area (Å²) in [5.41, 5.74) is -0.894. The summed E-state index contributed by atoms with van der Waals surface area (Å²) in [5.74, 6) is 0. The van der Waals surface area contributed by atoms with Gasteiger partial charge in [0.15, 0.2) is 0 Å². The lowest BCUT2D eigenvalue weighted by atomic mass is 9.84. The quantitative estimate of drug-likeness (QED) is 0.815. The van der Waals surface area contributed by atoms with Crippen LogP contribution in [0.15, 0.2) is 0 Å². The second-order valence-corrected chi connectivity index (χ2v) is 7.17. The van der Waals surface area contributed by atoms with Crippen LogP contribution < -0.4 is 5.32 Å². The molecule has 0 spiro atoms. The van der Waals surface area contributed by atoms with Crippen LogP contribution in [-0.4, -0.2) is 42.2 Å². The topological polar surface area (TPSA) is 67.8 Å². The van der Waals surface area contributed by atoms with Crippen molar-refractivity contribution in [2.75, 3.05) is 13.2 Å². The van der Waals surface area contributed by atoms with Gasteiger partial charge in [0.2, 0.25) is 0 Å². The van der Waals surface area contributed by atoms with Gasteiger partial charge in [-0.2, -0.15) is 0 Å². The van der Waals surface area contributed by atoms with Crippen LogP contribution in [0.3, 0.4) is 0 Å². The van der Waals surface area contributed by atoms with Crippen LogP contribution in [0.2, 0.25) is 0 Å². The molecule has 0 bridgehead atoms. The first kappa shape index (κ1) is 17.2. The van der Waals surface area contributed by atoms with E-state index in [0.717, 1.165) is 19.3 Å². The number of hydrogen-bond donors (Lipinski definition) is 2. The molecule has 0 aliphatic carbocycles. The Balaban J connectivity index is 2.42. The molecule has 3 atom stereocenters. The van der Waals surface area contributed by atoms with Crippen molar-refractivity contribution in [1.82, 2.24) is 5.32 Å². The maximum Gasteiger partial charge on any atom is 0.407 e. The number of alkyl carbamates (subject to hydrolysis) is 1. The lowest BCUT2D eigenvalue weighted by Crippen LogP contribution is -2.42. The van der Waals surface area contributed by atoms with Gasteiger partial charge < -0.3 is 19.9 Å². The van der Waals surface area contributed by atoms with Crippen molar-refractivity contribution in [3.05, 3.63) is 0 Å². The Morgan fingerprint density at radius 2 is 2.00 bits per heavy atom. The zero-order valence-corrected chi connectivity index (χ0v) is 13.4. The van der Waals surface area contributed by atoms with Crippen LogP contribution in [0.25, 0.3) is 0 Å².